The standard InChI is InChI=1S/C27H40N2O4S/c1-6-8-9-12-26(30)29(21(3)7-2)20-27(31)28(19-23-11-10-17-34-23)16-15-22-13-14-24(32-4)25(18-22)33-5/h10-11,13-14,17-18,21H,6-9,12,15-16,19-20H2,1-5H3. The second kappa shape index (κ2) is 14.7. The number of unbranched alkanes of at least 4 members (excludes halogenated alkanes) is 2. The van der Waals surface area contributed by atoms with E-state index in [-0.39, 0.29) is 24.4 Å². The van der Waals surface area contributed by atoms with Gasteiger partial charge in [-0.05, 0) is 55.3 Å². The molecule has 0 saturated carbocycles. The number of carbonyl (C=O) groups is 2. The van der Waals surface area contributed by atoms with Crippen molar-refractivity contribution in [3.05, 3.63) is 46.2 Å². The minimum atomic E-state index is -0.0157. The molecule has 0 aliphatic carbocycles. The first-order valence-electron chi connectivity index (χ1n) is 12.2. The third-order valence-electron chi connectivity index (χ3n) is 6.14. The number of benzene rings is 1. The Labute approximate surface area is 208 Å². The van der Waals surface area contributed by atoms with Gasteiger partial charge in [0.2, 0.25) is 11.8 Å². The van der Waals surface area contributed by atoms with E-state index in [1.165, 1.54) is 0 Å². The summed E-state index contributed by atoms with van der Waals surface area (Å²) in [6.07, 6.45) is 4.98. The Balaban J connectivity index is 2.14. The largest absolute Gasteiger partial charge is 0.493 e. The quantitative estimate of drug-likeness (QED) is 0.309. The van der Waals surface area contributed by atoms with E-state index in [1.807, 2.05) is 47.5 Å². The van der Waals surface area contributed by atoms with Crippen LogP contribution in [-0.2, 0) is 22.6 Å². The van der Waals surface area contributed by atoms with Crippen molar-refractivity contribution < 1.29 is 19.1 Å². The molecule has 1 unspecified atom stereocenters. The Hall–Kier alpha value is -2.54. The fourth-order valence-electron chi connectivity index (χ4n) is 3.81. The molecule has 1 aromatic carbocycles. The molecule has 2 amide bonds. The van der Waals surface area contributed by atoms with Gasteiger partial charge in [-0.1, -0.05) is 38.8 Å². The van der Waals surface area contributed by atoms with E-state index >= 15 is 0 Å². The average molecular weight is 489 g/mol. The van der Waals surface area contributed by atoms with Crippen molar-refractivity contribution in [2.24, 2.45) is 0 Å². The molecule has 0 spiro atoms. The lowest BCUT2D eigenvalue weighted by molar-refractivity contribution is -0.142. The van der Waals surface area contributed by atoms with Crippen molar-refractivity contribution in [3.8, 4) is 11.5 Å². The van der Waals surface area contributed by atoms with Crippen LogP contribution in [0.5, 0.6) is 11.5 Å². The zero-order chi connectivity index (χ0) is 24.9. The first-order valence-corrected chi connectivity index (χ1v) is 13.1. The number of nitrogens with zero attached hydrogens (tertiary/aromatic N) is 2. The van der Waals surface area contributed by atoms with Gasteiger partial charge in [-0.15, -0.1) is 11.3 Å². The van der Waals surface area contributed by atoms with Crippen LogP contribution in [0, 0.1) is 0 Å². The topological polar surface area (TPSA) is 59.1 Å². The fourth-order valence-corrected chi connectivity index (χ4v) is 4.53. The Kier molecular flexibility index (Phi) is 11.9. The van der Waals surface area contributed by atoms with Crippen LogP contribution in [0.25, 0.3) is 0 Å². The summed E-state index contributed by atoms with van der Waals surface area (Å²) in [6.45, 7) is 7.44. The number of thiophene rings is 1. The maximum atomic E-state index is 13.5. The second-order valence-corrected chi connectivity index (χ2v) is 9.60. The van der Waals surface area contributed by atoms with Gasteiger partial charge < -0.3 is 19.3 Å². The Morgan fingerprint density at radius 1 is 1.03 bits per heavy atom. The molecule has 0 aliphatic rings. The summed E-state index contributed by atoms with van der Waals surface area (Å²) in [6, 6.07) is 9.92. The van der Waals surface area contributed by atoms with Crippen molar-refractivity contribution in [2.75, 3.05) is 27.3 Å². The molecular weight excluding hydrogens is 448 g/mol. The number of rotatable bonds is 15. The van der Waals surface area contributed by atoms with E-state index < -0.39 is 0 Å². The van der Waals surface area contributed by atoms with Crippen LogP contribution in [0.1, 0.15) is 63.3 Å². The van der Waals surface area contributed by atoms with Crippen LogP contribution in [0.2, 0.25) is 0 Å². The Morgan fingerprint density at radius 2 is 1.79 bits per heavy atom. The zero-order valence-corrected chi connectivity index (χ0v) is 22.2. The molecule has 34 heavy (non-hydrogen) atoms. The minimum absolute atomic E-state index is 0.0157. The lowest BCUT2D eigenvalue weighted by Crippen LogP contribution is -2.46. The molecule has 6 nitrogen and oxygen atoms in total. The summed E-state index contributed by atoms with van der Waals surface area (Å²) in [5.41, 5.74) is 1.07. The molecule has 0 radical (unpaired) electrons. The van der Waals surface area contributed by atoms with Gasteiger partial charge in [-0.2, -0.15) is 0 Å². The normalized spacial score (nSPS) is 11.7. The van der Waals surface area contributed by atoms with Gasteiger partial charge in [0.1, 0.15) is 0 Å². The summed E-state index contributed by atoms with van der Waals surface area (Å²) in [7, 11) is 3.24. The lowest BCUT2D eigenvalue weighted by Gasteiger charge is -2.31. The average Bonchev–Trinajstić information content (AvgIpc) is 3.37. The van der Waals surface area contributed by atoms with E-state index in [4.69, 9.17) is 9.47 Å². The zero-order valence-electron chi connectivity index (χ0n) is 21.3. The van der Waals surface area contributed by atoms with Gasteiger partial charge in [0.15, 0.2) is 11.5 Å². The van der Waals surface area contributed by atoms with Gasteiger partial charge in [-0.25, -0.2) is 0 Å². The molecule has 0 fully saturated rings. The Bertz CT molecular complexity index is 885. The number of amides is 2. The van der Waals surface area contributed by atoms with Crippen LogP contribution in [0.4, 0.5) is 0 Å². The highest BCUT2D eigenvalue weighted by Gasteiger charge is 2.24. The van der Waals surface area contributed by atoms with Crippen LogP contribution in [0.3, 0.4) is 0 Å². The van der Waals surface area contributed by atoms with Crippen LogP contribution in [0.15, 0.2) is 35.7 Å². The number of hydrogen-bond donors (Lipinski definition) is 0. The van der Waals surface area contributed by atoms with E-state index in [2.05, 4.69) is 13.8 Å². The number of carbonyl (C=O) groups excluding carboxylic acids is 2. The third-order valence-corrected chi connectivity index (χ3v) is 7.00. The van der Waals surface area contributed by atoms with E-state index in [0.29, 0.717) is 37.4 Å². The predicted octanol–water partition coefficient (Wildman–Crippen LogP) is 5.54. The molecular formula is C27H40N2O4S. The molecule has 0 saturated heterocycles. The highest BCUT2D eigenvalue weighted by atomic mass is 32.1. The smallest absolute Gasteiger partial charge is 0.242 e. The van der Waals surface area contributed by atoms with Crippen molar-refractivity contribution in [2.45, 2.75) is 71.9 Å². The van der Waals surface area contributed by atoms with Crippen molar-refractivity contribution >= 4 is 23.2 Å². The molecule has 0 aliphatic heterocycles. The number of ether oxygens (including phenoxy) is 2. The molecule has 2 aromatic rings. The minimum Gasteiger partial charge on any atom is -0.493 e. The van der Waals surface area contributed by atoms with Gasteiger partial charge >= 0.3 is 0 Å². The maximum Gasteiger partial charge on any atom is 0.242 e. The number of methoxy groups -OCH3 is 2. The summed E-state index contributed by atoms with van der Waals surface area (Å²) in [5, 5.41) is 2.02. The monoisotopic (exact) mass is 488 g/mol. The molecule has 0 N–H and O–H groups in total. The molecule has 1 atom stereocenters. The van der Waals surface area contributed by atoms with Crippen molar-refractivity contribution in [1.29, 1.82) is 0 Å². The first kappa shape index (κ1) is 27.7. The van der Waals surface area contributed by atoms with Gasteiger partial charge in [0.05, 0.1) is 27.3 Å². The predicted molar refractivity (Wildman–Crippen MR) is 139 cm³/mol. The summed E-state index contributed by atoms with van der Waals surface area (Å²) in [5.74, 6) is 1.42. The van der Waals surface area contributed by atoms with Crippen LogP contribution in [-0.4, -0.2) is 55.0 Å². The van der Waals surface area contributed by atoms with Gasteiger partial charge in [0.25, 0.3) is 0 Å². The van der Waals surface area contributed by atoms with Crippen LogP contribution < -0.4 is 9.47 Å². The maximum absolute atomic E-state index is 13.5. The third kappa shape index (κ3) is 8.35. The van der Waals surface area contributed by atoms with Gasteiger partial charge in [0, 0.05) is 23.9 Å². The van der Waals surface area contributed by atoms with Crippen molar-refractivity contribution in [3.63, 3.8) is 0 Å². The van der Waals surface area contributed by atoms with E-state index in [1.54, 1.807) is 30.5 Å². The lowest BCUT2D eigenvalue weighted by atomic mass is 10.1. The fraction of sp³-hybridized carbons (Fsp3) is 0.556. The molecule has 1 aromatic heterocycles. The van der Waals surface area contributed by atoms with E-state index in [0.717, 1.165) is 36.1 Å². The summed E-state index contributed by atoms with van der Waals surface area (Å²) < 4.78 is 10.8. The summed E-state index contributed by atoms with van der Waals surface area (Å²) in [4.78, 5) is 31.2. The molecule has 7 heteroatoms. The molecule has 188 valence electrons. The first-order chi connectivity index (χ1) is 16.4. The summed E-state index contributed by atoms with van der Waals surface area (Å²) >= 11 is 1.64. The Morgan fingerprint density at radius 3 is 2.41 bits per heavy atom. The molecule has 1 heterocycles. The molecule has 2 rings (SSSR count). The number of hydrogen-bond acceptors (Lipinski definition) is 5. The highest BCUT2D eigenvalue weighted by Crippen LogP contribution is 2.28. The van der Waals surface area contributed by atoms with E-state index in [9.17, 15) is 9.59 Å². The SMILES string of the molecule is CCCCCC(=O)N(CC(=O)N(CCc1ccc(OC)c(OC)c1)Cc1cccs1)C(C)CC. The second-order valence-electron chi connectivity index (χ2n) is 8.57. The van der Waals surface area contributed by atoms with Gasteiger partial charge in [-0.3, -0.25) is 9.59 Å². The van der Waals surface area contributed by atoms with Crippen LogP contribution >= 0.6 is 11.3 Å². The van der Waals surface area contributed by atoms with Crippen molar-refractivity contribution in [1.82, 2.24) is 9.80 Å². The molecule has 0 bridgehead atoms. The highest BCUT2D eigenvalue weighted by molar-refractivity contribution is 7.09.